The van der Waals surface area contributed by atoms with Crippen LogP contribution >= 0.6 is 11.3 Å². The fourth-order valence-corrected chi connectivity index (χ4v) is 3.70. The van der Waals surface area contributed by atoms with E-state index in [0.717, 1.165) is 5.76 Å². The van der Waals surface area contributed by atoms with Crippen molar-refractivity contribution in [3.63, 3.8) is 0 Å². The fraction of sp³-hybridized carbons (Fsp3) is 0.286. The van der Waals surface area contributed by atoms with Gasteiger partial charge in [-0.15, -0.1) is 11.3 Å². The van der Waals surface area contributed by atoms with E-state index >= 15 is 0 Å². The number of carbonyl (C=O) groups is 1. The summed E-state index contributed by atoms with van der Waals surface area (Å²) in [6.45, 7) is 3.73. The lowest BCUT2D eigenvalue weighted by Gasteiger charge is -2.28. The van der Waals surface area contributed by atoms with Crippen LogP contribution in [0.15, 0.2) is 70.7 Å². The maximum absolute atomic E-state index is 12.9. The molecule has 0 bridgehead atoms. The summed E-state index contributed by atoms with van der Waals surface area (Å²) in [4.78, 5) is 18.0. The van der Waals surface area contributed by atoms with Crippen LogP contribution in [0, 0.1) is 0 Å². The van der Waals surface area contributed by atoms with Gasteiger partial charge in [-0.3, -0.25) is 9.69 Å². The van der Waals surface area contributed by atoms with Crippen LogP contribution in [-0.4, -0.2) is 29.3 Å². The van der Waals surface area contributed by atoms with Crippen molar-refractivity contribution in [3.8, 4) is 0 Å². The minimum atomic E-state index is 0.0738. The van der Waals surface area contributed by atoms with Crippen molar-refractivity contribution in [2.45, 2.75) is 26.1 Å². The van der Waals surface area contributed by atoms with E-state index in [1.807, 2.05) is 53.7 Å². The first-order valence-electron chi connectivity index (χ1n) is 8.71. The molecule has 0 N–H and O–H groups in total. The van der Waals surface area contributed by atoms with Crippen LogP contribution in [0.3, 0.4) is 0 Å². The van der Waals surface area contributed by atoms with Gasteiger partial charge in [-0.1, -0.05) is 36.4 Å². The molecule has 0 aliphatic heterocycles. The Morgan fingerprint density at radius 1 is 1.08 bits per heavy atom. The summed E-state index contributed by atoms with van der Waals surface area (Å²) >= 11 is 1.68. The molecule has 1 unspecified atom stereocenters. The molecule has 0 fully saturated rings. The molecule has 0 aliphatic rings. The van der Waals surface area contributed by atoms with Gasteiger partial charge in [-0.05, 0) is 36.1 Å². The van der Waals surface area contributed by atoms with E-state index in [4.69, 9.17) is 4.42 Å². The van der Waals surface area contributed by atoms with Gasteiger partial charge in [0.15, 0.2) is 0 Å². The van der Waals surface area contributed by atoms with E-state index in [-0.39, 0.29) is 11.9 Å². The second kappa shape index (κ2) is 8.83. The number of furan rings is 1. The first kappa shape index (κ1) is 18.4. The second-order valence-electron chi connectivity index (χ2n) is 6.41. The smallest absolute Gasteiger partial charge is 0.237 e. The highest BCUT2D eigenvalue weighted by Crippen LogP contribution is 2.23. The van der Waals surface area contributed by atoms with E-state index in [9.17, 15) is 4.79 Å². The SMILES string of the molecule is CC(c1cccs1)N(C)C(=O)CN(Cc1ccccc1)Cc1ccco1. The number of hydrogen-bond donors (Lipinski definition) is 0. The fourth-order valence-electron chi connectivity index (χ4n) is 2.87. The quantitative estimate of drug-likeness (QED) is 0.585. The van der Waals surface area contributed by atoms with Crippen molar-refractivity contribution in [1.29, 1.82) is 0 Å². The van der Waals surface area contributed by atoms with Gasteiger partial charge in [-0.2, -0.15) is 0 Å². The first-order valence-corrected chi connectivity index (χ1v) is 9.59. The van der Waals surface area contributed by atoms with Crippen molar-refractivity contribution in [3.05, 3.63) is 82.4 Å². The Hall–Kier alpha value is -2.37. The molecular formula is C21H24N2O2S. The predicted octanol–water partition coefficient (Wildman–Crippen LogP) is 4.56. The minimum Gasteiger partial charge on any atom is -0.468 e. The zero-order valence-electron chi connectivity index (χ0n) is 15.2. The Balaban J connectivity index is 1.68. The molecule has 3 rings (SSSR count). The monoisotopic (exact) mass is 368 g/mol. The van der Waals surface area contributed by atoms with E-state index in [1.165, 1.54) is 10.4 Å². The average Bonchev–Trinajstić information content (AvgIpc) is 3.35. The summed E-state index contributed by atoms with van der Waals surface area (Å²) in [5.74, 6) is 0.969. The molecule has 4 nitrogen and oxygen atoms in total. The zero-order chi connectivity index (χ0) is 18.4. The first-order chi connectivity index (χ1) is 12.6. The van der Waals surface area contributed by atoms with Crippen LogP contribution in [0.2, 0.25) is 0 Å². The van der Waals surface area contributed by atoms with Crippen molar-refractivity contribution in [2.75, 3.05) is 13.6 Å². The van der Waals surface area contributed by atoms with Crippen LogP contribution in [-0.2, 0) is 17.9 Å². The molecule has 26 heavy (non-hydrogen) atoms. The number of amides is 1. The van der Waals surface area contributed by atoms with Gasteiger partial charge in [-0.25, -0.2) is 0 Å². The lowest BCUT2D eigenvalue weighted by molar-refractivity contribution is -0.133. The number of rotatable bonds is 8. The van der Waals surface area contributed by atoms with Crippen LogP contribution in [0.25, 0.3) is 0 Å². The average molecular weight is 369 g/mol. The standard InChI is InChI=1S/C21H24N2O2S/c1-17(20-11-7-13-26-20)22(2)21(24)16-23(15-19-10-6-12-25-19)14-18-8-4-3-5-9-18/h3-13,17H,14-16H2,1-2H3. The number of nitrogens with zero attached hydrogens (tertiary/aromatic N) is 2. The number of likely N-dealkylation sites (N-methyl/N-ethyl adjacent to an activating group) is 1. The van der Waals surface area contributed by atoms with Crippen molar-refractivity contribution < 1.29 is 9.21 Å². The van der Waals surface area contributed by atoms with Gasteiger partial charge in [0.1, 0.15) is 5.76 Å². The van der Waals surface area contributed by atoms with Gasteiger partial charge < -0.3 is 9.32 Å². The number of thiophene rings is 1. The summed E-state index contributed by atoms with van der Waals surface area (Å²) in [6, 6.07) is 18.2. The van der Waals surface area contributed by atoms with Crippen LogP contribution in [0.4, 0.5) is 0 Å². The highest BCUT2D eigenvalue weighted by atomic mass is 32.1. The molecular weight excluding hydrogens is 344 g/mol. The number of benzene rings is 1. The van der Waals surface area contributed by atoms with Crippen molar-refractivity contribution in [2.24, 2.45) is 0 Å². The predicted molar refractivity (Wildman–Crippen MR) is 105 cm³/mol. The van der Waals surface area contributed by atoms with Gasteiger partial charge in [0, 0.05) is 18.5 Å². The number of hydrogen-bond acceptors (Lipinski definition) is 4. The molecule has 0 saturated heterocycles. The lowest BCUT2D eigenvalue weighted by Crippen LogP contribution is -2.38. The molecule has 1 atom stereocenters. The Labute approximate surface area is 158 Å². The lowest BCUT2D eigenvalue weighted by atomic mass is 10.2. The topological polar surface area (TPSA) is 36.7 Å². The second-order valence-corrected chi connectivity index (χ2v) is 7.39. The summed E-state index contributed by atoms with van der Waals surface area (Å²) in [5, 5.41) is 2.04. The highest BCUT2D eigenvalue weighted by Gasteiger charge is 2.21. The zero-order valence-corrected chi connectivity index (χ0v) is 16.0. The molecule has 136 valence electrons. The summed E-state index contributed by atoms with van der Waals surface area (Å²) in [5.41, 5.74) is 1.18. The molecule has 0 spiro atoms. The van der Waals surface area contributed by atoms with Crippen LogP contribution in [0.5, 0.6) is 0 Å². The molecule has 5 heteroatoms. The third-order valence-electron chi connectivity index (χ3n) is 4.50. The van der Waals surface area contributed by atoms with Gasteiger partial charge in [0.2, 0.25) is 5.91 Å². The molecule has 1 aromatic carbocycles. The van der Waals surface area contributed by atoms with Crippen LogP contribution < -0.4 is 0 Å². The highest BCUT2D eigenvalue weighted by molar-refractivity contribution is 7.10. The maximum atomic E-state index is 12.9. The molecule has 2 heterocycles. The molecule has 0 aliphatic carbocycles. The van der Waals surface area contributed by atoms with Crippen LogP contribution in [0.1, 0.15) is 29.2 Å². The molecule has 3 aromatic rings. The Bertz CT molecular complexity index is 785. The van der Waals surface area contributed by atoms with Crippen molar-refractivity contribution >= 4 is 17.2 Å². The minimum absolute atomic E-state index is 0.0738. The summed E-state index contributed by atoms with van der Waals surface area (Å²) in [7, 11) is 1.88. The Morgan fingerprint density at radius 2 is 1.88 bits per heavy atom. The van der Waals surface area contributed by atoms with Gasteiger partial charge in [0.05, 0.1) is 25.4 Å². The third-order valence-corrected chi connectivity index (χ3v) is 5.54. The third kappa shape index (κ3) is 4.84. The van der Waals surface area contributed by atoms with E-state index in [1.54, 1.807) is 17.6 Å². The van der Waals surface area contributed by atoms with Crippen molar-refractivity contribution in [1.82, 2.24) is 9.80 Å². The molecule has 0 saturated carbocycles. The Kier molecular flexibility index (Phi) is 6.26. The Morgan fingerprint density at radius 3 is 2.54 bits per heavy atom. The maximum Gasteiger partial charge on any atom is 0.237 e. The summed E-state index contributed by atoms with van der Waals surface area (Å²) in [6.07, 6.45) is 1.67. The van der Waals surface area contributed by atoms with E-state index < -0.39 is 0 Å². The van der Waals surface area contributed by atoms with E-state index in [2.05, 4.69) is 30.0 Å². The molecule has 2 aromatic heterocycles. The normalized spacial score (nSPS) is 12.3. The van der Waals surface area contributed by atoms with Gasteiger partial charge in [0.25, 0.3) is 0 Å². The molecule has 0 radical (unpaired) electrons. The summed E-state index contributed by atoms with van der Waals surface area (Å²) < 4.78 is 5.49. The molecule has 1 amide bonds. The van der Waals surface area contributed by atoms with E-state index in [0.29, 0.717) is 19.6 Å². The largest absolute Gasteiger partial charge is 0.468 e. The number of carbonyl (C=O) groups excluding carboxylic acids is 1. The van der Waals surface area contributed by atoms with Gasteiger partial charge >= 0.3 is 0 Å².